The van der Waals surface area contributed by atoms with Crippen LogP contribution in [0.25, 0.3) is 5.69 Å². The summed E-state index contributed by atoms with van der Waals surface area (Å²) >= 11 is 0. The maximum absolute atomic E-state index is 13.8. The lowest BCUT2D eigenvalue weighted by atomic mass is 10.2. The zero-order chi connectivity index (χ0) is 13.4. The number of ether oxygens (including phenoxy) is 1. The minimum Gasteiger partial charge on any atom is -0.370 e. The number of rotatable bonds is 2. The summed E-state index contributed by atoms with van der Waals surface area (Å²) in [4.78, 5) is 3.48. The summed E-state index contributed by atoms with van der Waals surface area (Å²) in [5, 5.41) is 7.89. The van der Waals surface area contributed by atoms with E-state index in [4.69, 9.17) is 4.74 Å². The summed E-state index contributed by atoms with van der Waals surface area (Å²) in [7, 11) is 0. The Hall–Kier alpha value is -1.89. The number of aryl methyl sites for hydroxylation is 1. The van der Waals surface area contributed by atoms with E-state index in [1.165, 1.54) is 4.57 Å². The van der Waals surface area contributed by atoms with E-state index in [9.17, 15) is 8.78 Å². The maximum Gasteiger partial charge on any atom is 0.168 e. The summed E-state index contributed by atoms with van der Waals surface area (Å²) in [6.45, 7) is 2.27. The van der Waals surface area contributed by atoms with Crippen LogP contribution in [0.1, 0.15) is 30.6 Å². The molecule has 1 fully saturated rings. The van der Waals surface area contributed by atoms with Gasteiger partial charge in [0.05, 0.1) is 12.4 Å². The molecule has 1 saturated heterocycles. The highest BCUT2D eigenvalue weighted by Crippen LogP contribution is 2.30. The van der Waals surface area contributed by atoms with Gasteiger partial charge in [-0.25, -0.2) is 8.78 Å². The second kappa shape index (κ2) is 4.65. The Balaban J connectivity index is 2.16. The van der Waals surface area contributed by atoms with E-state index in [0.29, 0.717) is 18.3 Å². The molecule has 0 N–H and O–H groups in total. The molecule has 0 aliphatic carbocycles. The van der Waals surface area contributed by atoms with Gasteiger partial charge in [0.2, 0.25) is 0 Å². The number of pyridine rings is 1. The second-order valence-electron chi connectivity index (χ2n) is 4.39. The van der Waals surface area contributed by atoms with Gasteiger partial charge >= 0.3 is 0 Å². The minimum absolute atomic E-state index is 0.206. The minimum atomic E-state index is -0.748. The van der Waals surface area contributed by atoms with Crippen molar-refractivity contribution < 1.29 is 13.5 Å². The quantitative estimate of drug-likeness (QED) is 0.835. The summed E-state index contributed by atoms with van der Waals surface area (Å²) in [6.07, 6.45) is 3.34. The predicted molar refractivity (Wildman–Crippen MR) is 61.7 cm³/mol. The third-order valence-corrected chi connectivity index (χ3v) is 3.12. The first-order chi connectivity index (χ1) is 9.18. The molecule has 100 valence electrons. The SMILES string of the molecule is Cc1nnc([C@H]2CCCO2)n1-c1c(F)cncc1F. The number of hydrogen-bond donors (Lipinski definition) is 0. The zero-order valence-corrected chi connectivity index (χ0v) is 10.3. The third kappa shape index (κ3) is 1.99. The van der Waals surface area contributed by atoms with Crippen molar-refractivity contribution in [2.45, 2.75) is 25.9 Å². The Morgan fingerprint density at radius 1 is 1.26 bits per heavy atom. The van der Waals surface area contributed by atoms with Crippen LogP contribution in [0.5, 0.6) is 0 Å². The largest absolute Gasteiger partial charge is 0.370 e. The number of hydrogen-bond acceptors (Lipinski definition) is 4. The lowest BCUT2D eigenvalue weighted by Crippen LogP contribution is -2.11. The van der Waals surface area contributed by atoms with Gasteiger partial charge < -0.3 is 4.74 Å². The van der Waals surface area contributed by atoms with Crippen molar-refractivity contribution in [2.75, 3.05) is 6.61 Å². The molecule has 0 amide bonds. The van der Waals surface area contributed by atoms with Gasteiger partial charge in [-0.05, 0) is 19.8 Å². The standard InChI is InChI=1S/C12H12F2N4O/c1-7-16-17-12(10-3-2-4-19-10)18(7)11-8(13)5-15-6-9(11)14/h5-6,10H,2-4H2,1H3/t10-/m1/s1. The molecule has 7 heteroatoms. The Bertz CT molecular complexity index is 588. The first-order valence-electron chi connectivity index (χ1n) is 6.01. The van der Waals surface area contributed by atoms with Crippen LogP contribution in [0.4, 0.5) is 8.78 Å². The van der Waals surface area contributed by atoms with E-state index in [1.807, 2.05) is 0 Å². The molecule has 0 unspecified atom stereocenters. The highest BCUT2D eigenvalue weighted by molar-refractivity contribution is 5.35. The van der Waals surface area contributed by atoms with Gasteiger partial charge in [0, 0.05) is 6.61 Å². The van der Waals surface area contributed by atoms with Crippen LogP contribution in [0.15, 0.2) is 12.4 Å². The Morgan fingerprint density at radius 2 is 2.00 bits per heavy atom. The van der Waals surface area contributed by atoms with Crippen LogP contribution in [-0.2, 0) is 4.74 Å². The first-order valence-corrected chi connectivity index (χ1v) is 6.01. The average Bonchev–Trinajstić information content (AvgIpc) is 2.99. The topological polar surface area (TPSA) is 52.8 Å². The van der Waals surface area contributed by atoms with Crippen molar-refractivity contribution in [2.24, 2.45) is 0 Å². The van der Waals surface area contributed by atoms with Crippen LogP contribution < -0.4 is 0 Å². The van der Waals surface area contributed by atoms with Crippen LogP contribution in [0, 0.1) is 18.6 Å². The lowest BCUT2D eigenvalue weighted by Gasteiger charge is -2.13. The van der Waals surface area contributed by atoms with Crippen molar-refractivity contribution >= 4 is 0 Å². The Labute approximate surface area is 108 Å². The van der Waals surface area contributed by atoms with E-state index in [2.05, 4.69) is 15.2 Å². The predicted octanol–water partition coefficient (Wildman–Crippen LogP) is 2.10. The molecule has 3 heterocycles. The molecule has 5 nitrogen and oxygen atoms in total. The van der Waals surface area contributed by atoms with Gasteiger partial charge in [-0.15, -0.1) is 10.2 Å². The van der Waals surface area contributed by atoms with Gasteiger partial charge in [-0.1, -0.05) is 0 Å². The van der Waals surface area contributed by atoms with Crippen LogP contribution >= 0.6 is 0 Å². The van der Waals surface area contributed by atoms with E-state index in [-0.39, 0.29) is 11.8 Å². The molecule has 0 radical (unpaired) electrons. The molecule has 0 bridgehead atoms. The molecule has 2 aromatic heterocycles. The molecule has 19 heavy (non-hydrogen) atoms. The molecule has 0 aromatic carbocycles. The van der Waals surface area contributed by atoms with Gasteiger partial charge in [0.1, 0.15) is 17.6 Å². The third-order valence-electron chi connectivity index (χ3n) is 3.12. The monoisotopic (exact) mass is 266 g/mol. The Kier molecular flexibility index (Phi) is 2.98. The smallest absolute Gasteiger partial charge is 0.168 e. The van der Waals surface area contributed by atoms with Crippen LogP contribution in [-0.4, -0.2) is 26.4 Å². The van der Waals surface area contributed by atoms with Crippen molar-refractivity contribution in [3.05, 3.63) is 35.7 Å². The number of halogens is 2. The first kappa shape index (κ1) is 12.2. The highest BCUT2D eigenvalue weighted by Gasteiger charge is 2.27. The summed E-state index contributed by atoms with van der Waals surface area (Å²) in [5.74, 6) is -0.655. The molecule has 1 atom stereocenters. The van der Waals surface area contributed by atoms with Crippen molar-refractivity contribution in [1.29, 1.82) is 0 Å². The number of nitrogens with zero attached hydrogens (tertiary/aromatic N) is 4. The molecular formula is C12H12F2N4O. The maximum atomic E-state index is 13.8. The molecule has 0 spiro atoms. The van der Waals surface area contributed by atoms with Gasteiger partial charge in [0.25, 0.3) is 0 Å². The highest BCUT2D eigenvalue weighted by atomic mass is 19.1. The fourth-order valence-electron chi connectivity index (χ4n) is 2.26. The molecule has 1 aliphatic rings. The summed E-state index contributed by atoms with van der Waals surface area (Å²) < 4.78 is 34.6. The van der Waals surface area contributed by atoms with E-state index < -0.39 is 11.6 Å². The van der Waals surface area contributed by atoms with Gasteiger partial charge in [-0.3, -0.25) is 9.55 Å². The summed E-state index contributed by atoms with van der Waals surface area (Å²) in [5.41, 5.74) is -0.206. The molecule has 2 aromatic rings. The number of aromatic nitrogens is 4. The van der Waals surface area contributed by atoms with E-state index >= 15 is 0 Å². The molecule has 3 rings (SSSR count). The van der Waals surface area contributed by atoms with Crippen molar-refractivity contribution in [3.63, 3.8) is 0 Å². The lowest BCUT2D eigenvalue weighted by molar-refractivity contribution is 0.103. The van der Waals surface area contributed by atoms with Crippen LogP contribution in [0.3, 0.4) is 0 Å². The van der Waals surface area contributed by atoms with Gasteiger partial charge in [-0.2, -0.15) is 0 Å². The summed E-state index contributed by atoms with van der Waals surface area (Å²) in [6, 6.07) is 0. The van der Waals surface area contributed by atoms with Crippen LogP contribution in [0.2, 0.25) is 0 Å². The fourth-order valence-corrected chi connectivity index (χ4v) is 2.26. The fraction of sp³-hybridized carbons (Fsp3) is 0.417. The molecule has 0 saturated carbocycles. The van der Waals surface area contributed by atoms with Crippen molar-refractivity contribution in [1.82, 2.24) is 19.7 Å². The van der Waals surface area contributed by atoms with Gasteiger partial charge in [0.15, 0.2) is 17.5 Å². The second-order valence-corrected chi connectivity index (χ2v) is 4.39. The normalized spacial score (nSPS) is 19.0. The van der Waals surface area contributed by atoms with E-state index in [1.54, 1.807) is 6.92 Å². The average molecular weight is 266 g/mol. The molecular weight excluding hydrogens is 254 g/mol. The van der Waals surface area contributed by atoms with E-state index in [0.717, 1.165) is 25.2 Å². The zero-order valence-electron chi connectivity index (χ0n) is 10.3. The van der Waals surface area contributed by atoms with Crippen molar-refractivity contribution in [3.8, 4) is 5.69 Å². The Morgan fingerprint density at radius 3 is 2.63 bits per heavy atom. The molecule has 1 aliphatic heterocycles.